The van der Waals surface area contributed by atoms with Crippen molar-refractivity contribution in [3.05, 3.63) is 27.8 Å². The van der Waals surface area contributed by atoms with E-state index in [1.165, 1.54) is 4.90 Å². The molecule has 140 valence electrons. The van der Waals surface area contributed by atoms with Crippen LogP contribution in [0.5, 0.6) is 0 Å². The molecular weight excluding hydrogens is 463 g/mol. The number of amides is 3. The summed E-state index contributed by atoms with van der Waals surface area (Å²) in [6.45, 7) is 0. The fourth-order valence-corrected chi connectivity index (χ4v) is 4.86. The second kappa shape index (κ2) is 8.73. The van der Waals surface area contributed by atoms with Crippen LogP contribution in [0, 0.1) is 15.4 Å². The largest absolute Gasteiger partial charge is 0.323 e. The first-order valence-corrected chi connectivity index (χ1v) is 11.4. The number of benzene rings is 1. The van der Waals surface area contributed by atoms with Crippen LogP contribution in [0.4, 0.5) is 5.69 Å². The second-order valence-electron chi connectivity index (χ2n) is 6.81. The highest BCUT2D eigenvalue weighted by atomic mass is 127. The Kier molecular flexibility index (Phi) is 6.60. The Hall–Kier alpha value is -1.09. The number of hydrogen-bond acceptors (Lipinski definition) is 4. The number of likely N-dealkylation sites (tertiary alicyclic amines) is 1. The number of halogens is 1. The van der Waals surface area contributed by atoms with Gasteiger partial charge in [0.25, 0.3) is 0 Å². The van der Waals surface area contributed by atoms with Gasteiger partial charge in [-0.2, -0.15) is 11.8 Å². The van der Waals surface area contributed by atoms with E-state index in [-0.39, 0.29) is 29.6 Å². The Bertz CT molecular complexity index is 688. The molecule has 1 aliphatic carbocycles. The number of nitrogens with zero attached hydrogens (tertiary/aromatic N) is 1. The van der Waals surface area contributed by atoms with Crippen LogP contribution in [0.15, 0.2) is 24.3 Å². The minimum atomic E-state index is -0.732. The molecule has 1 aliphatic heterocycles. The van der Waals surface area contributed by atoms with Gasteiger partial charge in [0.1, 0.15) is 6.04 Å². The molecular formula is C19H23IN2O3S. The predicted molar refractivity (Wildman–Crippen MR) is 112 cm³/mol. The molecule has 3 rings (SSSR count). The summed E-state index contributed by atoms with van der Waals surface area (Å²) in [6, 6.07) is 6.77. The van der Waals surface area contributed by atoms with Crippen molar-refractivity contribution in [2.45, 2.75) is 38.1 Å². The zero-order valence-corrected chi connectivity index (χ0v) is 17.7. The Balaban J connectivity index is 1.83. The number of fused-ring (bicyclic) bond motifs is 1. The van der Waals surface area contributed by atoms with E-state index >= 15 is 0 Å². The quantitative estimate of drug-likeness (QED) is 0.494. The van der Waals surface area contributed by atoms with Gasteiger partial charge >= 0.3 is 0 Å². The standard InChI is InChI=1S/C19H23IN2O3S/c1-26-11-10-16(17(23)21-15-9-5-4-8-14(15)20)22-18(24)12-6-2-3-7-13(12)19(22)25/h4-5,8-9,12-13,16H,2-3,6-7,10-11H2,1H3,(H,21,23). The Morgan fingerprint density at radius 2 is 1.85 bits per heavy atom. The lowest BCUT2D eigenvalue weighted by atomic mass is 9.81. The van der Waals surface area contributed by atoms with Crippen LogP contribution < -0.4 is 5.32 Å². The van der Waals surface area contributed by atoms with E-state index < -0.39 is 6.04 Å². The molecule has 1 saturated heterocycles. The molecule has 1 N–H and O–H groups in total. The summed E-state index contributed by atoms with van der Waals surface area (Å²) in [7, 11) is 0. The van der Waals surface area contributed by atoms with Gasteiger partial charge in [-0.3, -0.25) is 19.3 Å². The zero-order valence-electron chi connectivity index (χ0n) is 14.7. The number of anilines is 1. The first kappa shape index (κ1) is 19.7. The molecule has 26 heavy (non-hydrogen) atoms. The molecule has 7 heteroatoms. The van der Waals surface area contributed by atoms with Gasteiger partial charge in [0, 0.05) is 3.57 Å². The maximum atomic E-state index is 13.0. The number of para-hydroxylation sites is 1. The SMILES string of the molecule is CSCCC(C(=O)Nc1ccccc1I)N1C(=O)C2CCCCC2C1=O. The molecule has 1 saturated carbocycles. The van der Waals surface area contributed by atoms with Gasteiger partial charge < -0.3 is 5.32 Å². The molecule has 1 aromatic rings. The van der Waals surface area contributed by atoms with Crippen LogP contribution in [-0.4, -0.2) is 40.7 Å². The van der Waals surface area contributed by atoms with Gasteiger partial charge in [0.2, 0.25) is 17.7 Å². The highest BCUT2D eigenvalue weighted by Crippen LogP contribution is 2.39. The molecule has 0 aromatic heterocycles. The molecule has 3 unspecified atom stereocenters. The van der Waals surface area contributed by atoms with Gasteiger partial charge in [-0.1, -0.05) is 25.0 Å². The number of rotatable bonds is 6. The third kappa shape index (κ3) is 3.93. The topological polar surface area (TPSA) is 66.5 Å². The average Bonchev–Trinajstić information content (AvgIpc) is 2.89. The highest BCUT2D eigenvalue weighted by Gasteiger charge is 2.51. The number of carbonyl (C=O) groups excluding carboxylic acids is 3. The molecule has 3 amide bonds. The highest BCUT2D eigenvalue weighted by molar-refractivity contribution is 14.1. The summed E-state index contributed by atoms with van der Waals surface area (Å²) in [6.07, 6.45) is 5.93. The fourth-order valence-electron chi connectivity index (χ4n) is 3.88. The number of carbonyl (C=O) groups is 3. The lowest BCUT2D eigenvalue weighted by Gasteiger charge is -2.26. The van der Waals surface area contributed by atoms with Crippen LogP contribution >= 0.6 is 34.4 Å². The van der Waals surface area contributed by atoms with Gasteiger partial charge in [-0.25, -0.2) is 0 Å². The number of imide groups is 1. The molecule has 2 aliphatic rings. The van der Waals surface area contributed by atoms with Gasteiger partial charge in [0.05, 0.1) is 17.5 Å². The lowest BCUT2D eigenvalue weighted by molar-refractivity contribution is -0.146. The minimum Gasteiger partial charge on any atom is -0.323 e. The third-order valence-electron chi connectivity index (χ3n) is 5.22. The monoisotopic (exact) mass is 486 g/mol. The maximum Gasteiger partial charge on any atom is 0.247 e. The second-order valence-corrected chi connectivity index (χ2v) is 8.96. The van der Waals surface area contributed by atoms with Gasteiger partial charge in [0.15, 0.2) is 0 Å². The van der Waals surface area contributed by atoms with Crippen LogP contribution in [0.1, 0.15) is 32.1 Å². The van der Waals surface area contributed by atoms with Crippen molar-refractivity contribution >= 4 is 57.8 Å². The Labute approximate surface area is 171 Å². The molecule has 3 atom stereocenters. The molecule has 2 fully saturated rings. The van der Waals surface area contributed by atoms with Crippen LogP contribution in [0.2, 0.25) is 0 Å². The van der Waals surface area contributed by atoms with Crippen molar-refractivity contribution < 1.29 is 14.4 Å². The summed E-state index contributed by atoms with van der Waals surface area (Å²) in [5.41, 5.74) is 0.712. The van der Waals surface area contributed by atoms with E-state index in [1.807, 2.05) is 30.5 Å². The van der Waals surface area contributed by atoms with E-state index in [4.69, 9.17) is 0 Å². The summed E-state index contributed by atoms with van der Waals surface area (Å²) >= 11 is 3.78. The summed E-state index contributed by atoms with van der Waals surface area (Å²) < 4.78 is 0.926. The normalized spacial score (nSPS) is 23.7. The fraction of sp³-hybridized carbons (Fsp3) is 0.526. The van der Waals surface area contributed by atoms with Crippen molar-refractivity contribution in [3.8, 4) is 0 Å². The van der Waals surface area contributed by atoms with E-state index in [0.717, 1.165) is 35.0 Å². The van der Waals surface area contributed by atoms with E-state index in [1.54, 1.807) is 11.8 Å². The molecule has 0 bridgehead atoms. The molecule has 5 nitrogen and oxygen atoms in total. The summed E-state index contributed by atoms with van der Waals surface area (Å²) in [5, 5.41) is 2.92. The Morgan fingerprint density at radius 1 is 1.23 bits per heavy atom. The van der Waals surface area contributed by atoms with Crippen LogP contribution in [-0.2, 0) is 14.4 Å². The van der Waals surface area contributed by atoms with Crippen molar-refractivity contribution in [2.75, 3.05) is 17.3 Å². The van der Waals surface area contributed by atoms with Crippen LogP contribution in [0.25, 0.3) is 0 Å². The maximum absolute atomic E-state index is 13.0. The molecule has 0 spiro atoms. The predicted octanol–water partition coefficient (Wildman–Crippen LogP) is 3.53. The summed E-state index contributed by atoms with van der Waals surface area (Å²) in [5.74, 6) is -0.303. The third-order valence-corrected chi connectivity index (χ3v) is 6.80. The van der Waals surface area contributed by atoms with Crippen molar-refractivity contribution in [2.24, 2.45) is 11.8 Å². The Morgan fingerprint density at radius 3 is 2.42 bits per heavy atom. The van der Waals surface area contributed by atoms with E-state index in [0.29, 0.717) is 12.1 Å². The molecule has 0 radical (unpaired) electrons. The van der Waals surface area contributed by atoms with Crippen molar-refractivity contribution in [1.29, 1.82) is 0 Å². The molecule has 1 heterocycles. The molecule has 1 aromatic carbocycles. The van der Waals surface area contributed by atoms with Crippen molar-refractivity contribution in [3.63, 3.8) is 0 Å². The van der Waals surface area contributed by atoms with Gasteiger partial charge in [-0.15, -0.1) is 0 Å². The zero-order chi connectivity index (χ0) is 18.7. The first-order valence-electron chi connectivity index (χ1n) is 8.96. The summed E-state index contributed by atoms with van der Waals surface area (Å²) in [4.78, 5) is 40.1. The van der Waals surface area contributed by atoms with E-state index in [9.17, 15) is 14.4 Å². The van der Waals surface area contributed by atoms with E-state index in [2.05, 4.69) is 27.9 Å². The van der Waals surface area contributed by atoms with Gasteiger partial charge in [-0.05, 0) is 66.0 Å². The number of thioether (sulfide) groups is 1. The lowest BCUT2D eigenvalue weighted by Crippen LogP contribution is -2.48. The minimum absolute atomic E-state index is 0.149. The van der Waals surface area contributed by atoms with Crippen LogP contribution in [0.3, 0.4) is 0 Å². The number of nitrogens with one attached hydrogen (secondary N) is 1. The number of hydrogen-bond donors (Lipinski definition) is 1. The van der Waals surface area contributed by atoms with Crippen molar-refractivity contribution in [1.82, 2.24) is 4.90 Å². The smallest absolute Gasteiger partial charge is 0.247 e. The average molecular weight is 486 g/mol. The first-order chi connectivity index (χ1) is 12.5.